The first-order chi connectivity index (χ1) is 9.02. The van der Waals surface area contributed by atoms with Crippen LogP contribution >= 0.6 is 0 Å². The van der Waals surface area contributed by atoms with Gasteiger partial charge < -0.3 is 5.11 Å². The van der Waals surface area contributed by atoms with Crippen LogP contribution in [0.15, 0.2) is 0 Å². The predicted molar refractivity (Wildman–Crippen MR) is 78.9 cm³/mol. The Kier molecular flexibility index (Phi) is 11.6. The van der Waals surface area contributed by atoms with E-state index in [1.807, 2.05) is 0 Å². The molecule has 4 nitrogen and oxygen atoms in total. The first-order valence-corrected chi connectivity index (χ1v) is 9.09. The zero-order valence-corrected chi connectivity index (χ0v) is 13.0. The van der Waals surface area contributed by atoms with E-state index < -0.39 is 15.4 Å². The van der Waals surface area contributed by atoms with Crippen LogP contribution in [-0.2, 0) is 10.1 Å². The van der Waals surface area contributed by atoms with Gasteiger partial charge in [-0.2, -0.15) is 8.42 Å². The largest absolute Gasteiger partial charge is 0.396 e. The van der Waals surface area contributed by atoms with Crippen molar-refractivity contribution in [2.24, 2.45) is 0 Å². The lowest BCUT2D eigenvalue weighted by Gasteiger charge is -2.13. The summed E-state index contributed by atoms with van der Waals surface area (Å²) in [6, 6.07) is 0. The summed E-state index contributed by atoms with van der Waals surface area (Å²) in [6.45, 7) is 2.34. The lowest BCUT2D eigenvalue weighted by Crippen LogP contribution is -2.20. The zero-order chi connectivity index (χ0) is 14.6. The lowest BCUT2D eigenvalue weighted by molar-refractivity contribution is 0.282. The van der Waals surface area contributed by atoms with Crippen molar-refractivity contribution in [1.29, 1.82) is 0 Å². The molecule has 0 aromatic heterocycles. The van der Waals surface area contributed by atoms with Crippen molar-refractivity contribution in [3.63, 3.8) is 0 Å². The molecule has 0 spiro atoms. The molecule has 0 aliphatic heterocycles. The Balaban J connectivity index is 3.82. The van der Waals surface area contributed by atoms with Gasteiger partial charge in [-0.3, -0.25) is 4.55 Å². The average molecular weight is 294 g/mol. The number of rotatable bonds is 13. The normalized spacial score (nSPS) is 13.6. The van der Waals surface area contributed by atoms with Crippen LogP contribution in [0.5, 0.6) is 0 Å². The summed E-state index contributed by atoms with van der Waals surface area (Å²) in [7, 11) is -3.89. The molecule has 0 aliphatic rings. The van der Waals surface area contributed by atoms with Crippen molar-refractivity contribution in [2.45, 2.75) is 82.8 Å². The molecule has 0 amide bonds. The summed E-state index contributed by atoms with van der Waals surface area (Å²) >= 11 is 0. The molecule has 0 rings (SSSR count). The maximum absolute atomic E-state index is 11.3. The Hall–Kier alpha value is -0.130. The highest BCUT2D eigenvalue weighted by Crippen LogP contribution is 2.18. The SMILES string of the molecule is CCCCCCC(CCCCCCCO)S(=O)(=O)O. The van der Waals surface area contributed by atoms with Gasteiger partial charge in [0.2, 0.25) is 0 Å². The Morgan fingerprint density at radius 2 is 1.32 bits per heavy atom. The van der Waals surface area contributed by atoms with Crippen LogP contribution in [0.3, 0.4) is 0 Å². The topological polar surface area (TPSA) is 74.6 Å². The molecule has 1 unspecified atom stereocenters. The molecule has 0 saturated heterocycles. The van der Waals surface area contributed by atoms with Gasteiger partial charge >= 0.3 is 0 Å². The fourth-order valence-electron chi connectivity index (χ4n) is 2.26. The second-order valence-electron chi connectivity index (χ2n) is 5.27. The third-order valence-corrected chi connectivity index (χ3v) is 4.80. The predicted octanol–water partition coefficient (Wildman–Crippen LogP) is 3.55. The van der Waals surface area contributed by atoms with Crippen molar-refractivity contribution < 1.29 is 18.1 Å². The fourth-order valence-corrected chi connectivity index (χ4v) is 3.18. The summed E-state index contributed by atoms with van der Waals surface area (Å²) in [5, 5.41) is 8.06. The van der Waals surface area contributed by atoms with E-state index in [1.165, 1.54) is 0 Å². The van der Waals surface area contributed by atoms with Gasteiger partial charge in [0.05, 0.1) is 5.25 Å². The van der Waals surface area contributed by atoms with Crippen LogP contribution in [0.2, 0.25) is 0 Å². The minimum atomic E-state index is -3.89. The molecule has 0 radical (unpaired) electrons. The molecule has 116 valence electrons. The zero-order valence-electron chi connectivity index (χ0n) is 12.2. The van der Waals surface area contributed by atoms with Gasteiger partial charge in [-0.1, -0.05) is 58.3 Å². The molecular formula is C14H30O4S. The number of aliphatic hydroxyl groups excluding tert-OH is 1. The number of unbranched alkanes of at least 4 members (excludes halogenated alkanes) is 7. The monoisotopic (exact) mass is 294 g/mol. The smallest absolute Gasteiger partial charge is 0.267 e. The molecule has 0 saturated carbocycles. The van der Waals surface area contributed by atoms with E-state index in [0.717, 1.165) is 57.8 Å². The average Bonchev–Trinajstić information content (AvgIpc) is 2.34. The van der Waals surface area contributed by atoms with E-state index >= 15 is 0 Å². The summed E-state index contributed by atoms with van der Waals surface area (Å²) in [4.78, 5) is 0. The Labute approximate surface area is 118 Å². The van der Waals surface area contributed by atoms with Crippen LogP contribution in [-0.4, -0.2) is 29.9 Å². The van der Waals surface area contributed by atoms with Gasteiger partial charge in [0.25, 0.3) is 10.1 Å². The van der Waals surface area contributed by atoms with Crippen LogP contribution in [0.25, 0.3) is 0 Å². The first-order valence-electron chi connectivity index (χ1n) is 7.59. The molecule has 0 aromatic rings. The van der Waals surface area contributed by atoms with E-state index in [9.17, 15) is 13.0 Å². The molecule has 5 heteroatoms. The molecule has 0 heterocycles. The van der Waals surface area contributed by atoms with Crippen LogP contribution in [0, 0.1) is 0 Å². The highest BCUT2D eigenvalue weighted by molar-refractivity contribution is 7.86. The van der Waals surface area contributed by atoms with Crippen molar-refractivity contribution in [1.82, 2.24) is 0 Å². The standard InChI is InChI=1S/C14H30O4S/c1-2-3-4-8-11-14(19(16,17)18)12-9-6-5-7-10-13-15/h14-15H,2-13H2,1H3,(H,16,17,18). The van der Waals surface area contributed by atoms with Crippen LogP contribution < -0.4 is 0 Å². The minimum Gasteiger partial charge on any atom is -0.396 e. The van der Waals surface area contributed by atoms with Crippen molar-refractivity contribution in [3.8, 4) is 0 Å². The molecule has 0 bridgehead atoms. The first kappa shape index (κ1) is 18.9. The summed E-state index contributed by atoms with van der Waals surface area (Å²) in [6.07, 6.45) is 9.95. The Morgan fingerprint density at radius 3 is 1.79 bits per heavy atom. The molecule has 1 atom stereocenters. The van der Waals surface area contributed by atoms with E-state index in [2.05, 4.69) is 6.92 Å². The minimum absolute atomic E-state index is 0.227. The lowest BCUT2D eigenvalue weighted by atomic mass is 10.0. The van der Waals surface area contributed by atoms with Gasteiger partial charge in [0.15, 0.2) is 0 Å². The molecule has 0 aromatic carbocycles. The second-order valence-corrected chi connectivity index (χ2v) is 6.96. The number of aliphatic hydroxyl groups is 1. The van der Waals surface area contributed by atoms with Gasteiger partial charge in [-0.25, -0.2) is 0 Å². The molecule has 2 N–H and O–H groups in total. The van der Waals surface area contributed by atoms with E-state index in [1.54, 1.807) is 0 Å². The molecule has 19 heavy (non-hydrogen) atoms. The third-order valence-electron chi connectivity index (χ3n) is 3.49. The number of hydrogen-bond donors (Lipinski definition) is 2. The molecular weight excluding hydrogens is 264 g/mol. The number of hydrogen-bond acceptors (Lipinski definition) is 3. The van der Waals surface area contributed by atoms with Crippen molar-refractivity contribution in [2.75, 3.05) is 6.61 Å². The van der Waals surface area contributed by atoms with E-state index in [0.29, 0.717) is 12.8 Å². The third kappa shape index (κ3) is 11.4. The van der Waals surface area contributed by atoms with E-state index in [4.69, 9.17) is 5.11 Å². The van der Waals surface area contributed by atoms with Gasteiger partial charge in [-0.15, -0.1) is 0 Å². The maximum Gasteiger partial charge on any atom is 0.267 e. The molecule has 0 fully saturated rings. The van der Waals surface area contributed by atoms with E-state index in [-0.39, 0.29) is 6.61 Å². The van der Waals surface area contributed by atoms with Crippen LogP contribution in [0.4, 0.5) is 0 Å². The highest BCUT2D eigenvalue weighted by Gasteiger charge is 2.21. The maximum atomic E-state index is 11.3. The summed E-state index contributed by atoms with van der Waals surface area (Å²) in [5.41, 5.74) is 0. The fraction of sp³-hybridized carbons (Fsp3) is 1.00. The quantitative estimate of drug-likeness (QED) is 0.402. The van der Waals surface area contributed by atoms with Crippen molar-refractivity contribution >= 4 is 10.1 Å². The second kappa shape index (κ2) is 11.7. The van der Waals surface area contributed by atoms with Gasteiger partial charge in [0.1, 0.15) is 0 Å². The Morgan fingerprint density at radius 1 is 0.842 bits per heavy atom. The Bertz CT molecular complexity index is 288. The van der Waals surface area contributed by atoms with Gasteiger partial charge in [0, 0.05) is 6.61 Å². The van der Waals surface area contributed by atoms with Gasteiger partial charge in [-0.05, 0) is 19.3 Å². The van der Waals surface area contributed by atoms with Crippen molar-refractivity contribution in [3.05, 3.63) is 0 Å². The van der Waals surface area contributed by atoms with Crippen LogP contribution in [0.1, 0.15) is 77.6 Å². The summed E-state index contributed by atoms with van der Waals surface area (Å²) < 4.78 is 31.8. The molecule has 0 aliphatic carbocycles. The highest BCUT2D eigenvalue weighted by atomic mass is 32.2. The summed E-state index contributed by atoms with van der Waals surface area (Å²) in [5.74, 6) is 0.